The summed E-state index contributed by atoms with van der Waals surface area (Å²) in [5, 5.41) is 43.8. The molecule has 4 N–H and O–H groups in total. The van der Waals surface area contributed by atoms with Gasteiger partial charge in [-0.15, -0.1) is 0 Å². The zero-order valence-corrected chi connectivity index (χ0v) is 31.9. The van der Waals surface area contributed by atoms with Crippen LogP contribution in [0.25, 0.3) is 0 Å². The highest BCUT2D eigenvalue weighted by molar-refractivity contribution is 5.90. The average molecular weight is 721 g/mol. The van der Waals surface area contributed by atoms with Crippen LogP contribution in [0.3, 0.4) is 0 Å². The zero-order valence-electron chi connectivity index (χ0n) is 31.9. The van der Waals surface area contributed by atoms with E-state index in [1.165, 1.54) is 20.3 Å². The van der Waals surface area contributed by atoms with Crippen LogP contribution in [0, 0.1) is 35.5 Å². The van der Waals surface area contributed by atoms with Gasteiger partial charge in [-0.25, -0.2) is 14.4 Å². The van der Waals surface area contributed by atoms with Gasteiger partial charge in [0.2, 0.25) is 5.76 Å². The van der Waals surface area contributed by atoms with E-state index in [2.05, 4.69) is 0 Å². The predicted octanol–water partition coefficient (Wildman–Crippen LogP) is 4.88. The number of ether oxygens (including phenoxy) is 5. The van der Waals surface area contributed by atoms with Crippen molar-refractivity contribution in [2.45, 2.75) is 118 Å². The minimum atomic E-state index is -1.99. The summed E-state index contributed by atoms with van der Waals surface area (Å²) >= 11 is 0. The number of carboxylic acid groups (broad SMARTS) is 1. The average Bonchev–Trinajstić information content (AvgIpc) is 3.06. The van der Waals surface area contributed by atoms with Gasteiger partial charge < -0.3 is 44.1 Å². The molecule has 1 fully saturated rings. The van der Waals surface area contributed by atoms with E-state index in [-0.39, 0.29) is 35.9 Å². The van der Waals surface area contributed by atoms with Gasteiger partial charge in [0, 0.05) is 49.4 Å². The first-order valence-corrected chi connectivity index (χ1v) is 17.7. The Hall–Kier alpha value is -3.29. The molecule has 51 heavy (non-hydrogen) atoms. The van der Waals surface area contributed by atoms with Crippen molar-refractivity contribution in [3.05, 3.63) is 59.4 Å². The van der Waals surface area contributed by atoms with E-state index in [1.807, 2.05) is 53.7 Å². The van der Waals surface area contributed by atoms with E-state index in [0.29, 0.717) is 18.1 Å². The first-order valence-electron chi connectivity index (χ1n) is 17.7. The maximum atomic E-state index is 13.6. The topological polar surface area (TPSA) is 178 Å². The van der Waals surface area contributed by atoms with Crippen molar-refractivity contribution < 1.29 is 58.5 Å². The van der Waals surface area contributed by atoms with Gasteiger partial charge in [-0.2, -0.15) is 0 Å². The zero-order chi connectivity index (χ0) is 38.8. The lowest BCUT2D eigenvalue weighted by Crippen LogP contribution is -2.59. The van der Waals surface area contributed by atoms with Crippen molar-refractivity contribution in [2.75, 3.05) is 14.2 Å². The summed E-state index contributed by atoms with van der Waals surface area (Å²) in [5.74, 6) is -7.68. The molecule has 0 aromatic heterocycles. The third-order valence-corrected chi connectivity index (χ3v) is 10.1. The van der Waals surface area contributed by atoms with Gasteiger partial charge in [-0.05, 0) is 38.2 Å². The van der Waals surface area contributed by atoms with Crippen LogP contribution >= 0.6 is 0 Å². The first kappa shape index (κ1) is 43.9. The molecule has 2 aliphatic rings. The fourth-order valence-corrected chi connectivity index (χ4v) is 7.00. The van der Waals surface area contributed by atoms with Crippen molar-refractivity contribution in [1.82, 2.24) is 0 Å². The summed E-state index contributed by atoms with van der Waals surface area (Å²) in [4.78, 5) is 37.1. The fourth-order valence-electron chi connectivity index (χ4n) is 7.00. The van der Waals surface area contributed by atoms with Gasteiger partial charge >= 0.3 is 17.9 Å². The molecule has 12 atom stereocenters. The van der Waals surface area contributed by atoms with Gasteiger partial charge in [0.25, 0.3) is 0 Å². The normalized spacial score (nSPS) is 33.4. The number of allylic oxidation sites excluding steroid dienone is 5. The quantitative estimate of drug-likeness (QED) is 0.178. The molecular formula is C39H60O12. The van der Waals surface area contributed by atoms with Crippen LogP contribution in [0.4, 0.5) is 0 Å². The van der Waals surface area contributed by atoms with Crippen LogP contribution in [-0.2, 0) is 38.1 Å². The Labute approximate surface area is 302 Å². The Morgan fingerprint density at radius 1 is 1.06 bits per heavy atom. The van der Waals surface area contributed by atoms with E-state index in [1.54, 1.807) is 32.9 Å². The lowest BCUT2D eigenvalue weighted by molar-refractivity contribution is -0.329. The van der Waals surface area contributed by atoms with Crippen molar-refractivity contribution in [2.24, 2.45) is 35.5 Å². The second kappa shape index (κ2) is 19.5. The van der Waals surface area contributed by atoms with Crippen LogP contribution in [0.2, 0.25) is 0 Å². The summed E-state index contributed by atoms with van der Waals surface area (Å²) in [6, 6.07) is 0. The van der Waals surface area contributed by atoms with Gasteiger partial charge in [0.1, 0.15) is 18.3 Å². The summed E-state index contributed by atoms with van der Waals surface area (Å²) < 4.78 is 29.1. The first-order chi connectivity index (χ1) is 23.8. The van der Waals surface area contributed by atoms with Crippen molar-refractivity contribution in [3.8, 4) is 0 Å². The number of aliphatic hydroxyl groups excluding tert-OH is 2. The van der Waals surface area contributed by atoms with Crippen molar-refractivity contribution >= 4 is 17.9 Å². The number of carbonyl (C=O) groups is 3. The molecule has 2 aliphatic heterocycles. The highest BCUT2D eigenvalue weighted by Gasteiger charge is 2.53. The van der Waals surface area contributed by atoms with Gasteiger partial charge in [-0.1, -0.05) is 83.9 Å². The van der Waals surface area contributed by atoms with Gasteiger partial charge in [-0.3, -0.25) is 0 Å². The second-order valence-corrected chi connectivity index (χ2v) is 14.6. The molecule has 0 aromatic carbocycles. The molecular weight excluding hydrogens is 660 g/mol. The lowest BCUT2D eigenvalue weighted by Gasteiger charge is -2.50. The monoisotopic (exact) mass is 720 g/mol. The van der Waals surface area contributed by atoms with E-state index >= 15 is 0 Å². The molecule has 12 heteroatoms. The number of cyclic esters (lactones) is 1. The summed E-state index contributed by atoms with van der Waals surface area (Å²) in [5.41, 5.74) is 1.70. The summed E-state index contributed by atoms with van der Waals surface area (Å²) in [7, 11) is 2.80. The number of hydrogen-bond donors (Lipinski definition) is 4. The molecule has 0 radical (unpaired) electrons. The summed E-state index contributed by atoms with van der Waals surface area (Å²) in [6.07, 6.45) is 5.37. The Morgan fingerprint density at radius 2 is 1.71 bits per heavy atom. The number of carbonyl (C=O) groups excluding carboxylic acids is 2. The molecule has 0 saturated carbocycles. The maximum Gasteiger partial charge on any atom is 0.373 e. The van der Waals surface area contributed by atoms with Crippen LogP contribution in [0.15, 0.2) is 59.4 Å². The molecule has 0 aliphatic carbocycles. The Kier molecular flexibility index (Phi) is 16.8. The predicted molar refractivity (Wildman–Crippen MR) is 191 cm³/mol. The molecule has 12 unspecified atom stereocenters. The minimum absolute atomic E-state index is 0.0458. The van der Waals surface area contributed by atoms with Gasteiger partial charge in [0.15, 0.2) is 5.79 Å². The molecule has 0 aromatic rings. The van der Waals surface area contributed by atoms with Gasteiger partial charge in [0.05, 0.1) is 25.4 Å². The number of carboxylic acids is 1. The van der Waals surface area contributed by atoms with E-state index in [4.69, 9.17) is 28.8 Å². The fraction of sp³-hybridized carbons (Fsp3) is 0.667. The SMILES string of the molecule is COC1=CC(C)=CC(C)C(O)C(C)CC(C)=CC=CC(OC)C(C(C)C(O)C(C)C2(O)CC(OC(=O)/C=C/C(=O)O)C(C)C(C(C)C)O2)OC1=O. The van der Waals surface area contributed by atoms with Crippen LogP contribution in [-0.4, -0.2) is 95.0 Å². The number of aliphatic hydroxyl groups is 3. The van der Waals surface area contributed by atoms with Crippen molar-refractivity contribution in [1.29, 1.82) is 0 Å². The third kappa shape index (κ3) is 12.1. The molecule has 288 valence electrons. The molecule has 12 nitrogen and oxygen atoms in total. The summed E-state index contributed by atoms with van der Waals surface area (Å²) in [6.45, 7) is 16.5. The Morgan fingerprint density at radius 3 is 2.27 bits per heavy atom. The highest BCUT2D eigenvalue weighted by atomic mass is 16.6. The molecule has 0 amide bonds. The van der Waals surface area contributed by atoms with E-state index in [0.717, 1.165) is 11.6 Å². The second-order valence-electron chi connectivity index (χ2n) is 14.6. The minimum Gasteiger partial charge on any atom is -0.490 e. The van der Waals surface area contributed by atoms with Crippen molar-refractivity contribution in [3.63, 3.8) is 0 Å². The van der Waals surface area contributed by atoms with Crippen LogP contribution in [0.5, 0.6) is 0 Å². The number of aliphatic carboxylic acids is 1. The smallest absolute Gasteiger partial charge is 0.373 e. The largest absolute Gasteiger partial charge is 0.490 e. The van der Waals surface area contributed by atoms with Crippen LogP contribution < -0.4 is 0 Å². The number of rotatable bonds is 10. The molecule has 2 heterocycles. The molecule has 1 saturated heterocycles. The number of hydrogen-bond acceptors (Lipinski definition) is 11. The Bertz CT molecular complexity index is 1350. The standard InChI is InChI=1S/C39H60O12/c1-21(2)36-26(7)31(49-33(42)16-15-32(40)41)20-39(46,51-36)28(9)35(44)27(8)37-29(47-10)14-12-13-22(3)17-24(5)34(43)25(6)18-23(4)19-30(48-11)38(45)50-37/h12-16,18-19,21,24-29,31,34-37,43-44,46H,17,20H2,1-11H3,(H,40,41)/b14-12?,16-15+,22-13?,23-18?,30-19?. The highest BCUT2D eigenvalue weighted by Crippen LogP contribution is 2.42. The van der Waals surface area contributed by atoms with E-state index in [9.17, 15) is 29.7 Å². The lowest BCUT2D eigenvalue weighted by atomic mass is 9.76. The number of esters is 2. The molecule has 2 rings (SSSR count). The number of methoxy groups -OCH3 is 2. The maximum absolute atomic E-state index is 13.6. The molecule has 0 bridgehead atoms. The van der Waals surface area contributed by atoms with E-state index < -0.39 is 72.2 Å². The van der Waals surface area contributed by atoms with Crippen LogP contribution in [0.1, 0.15) is 75.2 Å². The third-order valence-electron chi connectivity index (χ3n) is 10.1. The Balaban J connectivity index is 2.55. The molecule has 0 spiro atoms.